The van der Waals surface area contributed by atoms with E-state index < -0.39 is 6.10 Å². The Labute approximate surface area is 181 Å². The molecule has 29 heavy (non-hydrogen) atoms. The van der Waals surface area contributed by atoms with E-state index in [4.69, 9.17) is 4.98 Å². The highest BCUT2D eigenvalue weighted by Crippen LogP contribution is 2.26. The molecule has 0 radical (unpaired) electrons. The molecule has 1 aromatic heterocycles. The zero-order chi connectivity index (χ0) is 20.2. The number of para-hydroxylation sites is 1. The Kier molecular flexibility index (Phi) is 6.13. The SMILES string of the molecule is O=c1c2ccccc2nc(SCC(O)c2cccc(Br)c2)n1Cc1ccccc1. The summed E-state index contributed by atoms with van der Waals surface area (Å²) >= 11 is 4.83. The van der Waals surface area contributed by atoms with Gasteiger partial charge in [0, 0.05) is 10.2 Å². The van der Waals surface area contributed by atoms with Crippen molar-refractivity contribution in [3.05, 3.63) is 105 Å². The average Bonchev–Trinajstić information content (AvgIpc) is 2.75. The quantitative estimate of drug-likeness (QED) is 0.319. The molecule has 0 saturated carbocycles. The minimum Gasteiger partial charge on any atom is -0.388 e. The third-order valence-electron chi connectivity index (χ3n) is 4.61. The van der Waals surface area contributed by atoms with Gasteiger partial charge in [0.25, 0.3) is 5.56 Å². The molecule has 146 valence electrons. The van der Waals surface area contributed by atoms with E-state index in [0.717, 1.165) is 15.6 Å². The van der Waals surface area contributed by atoms with Crippen LogP contribution in [-0.4, -0.2) is 20.4 Å². The number of aromatic nitrogens is 2. The summed E-state index contributed by atoms with van der Waals surface area (Å²) in [6.45, 7) is 0.437. The van der Waals surface area contributed by atoms with Gasteiger partial charge in [0.15, 0.2) is 5.16 Å². The average molecular weight is 467 g/mol. The van der Waals surface area contributed by atoms with Crippen molar-refractivity contribution in [1.82, 2.24) is 9.55 Å². The van der Waals surface area contributed by atoms with Crippen LogP contribution in [0, 0.1) is 0 Å². The summed E-state index contributed by atoms with van der Waals surface area (Å²) in [5.41, 5.74) is 2.45. The summed E-state index contributed by atoms with van der Waals surface area (Å²) in [5, 5.41) is 11.8. The van der Waals surface area contributed by atoms with E-state index in [-0.39, 0.29) is 5.56 Å². The van der Waals surface area contributed by atoms with Crippen LogP contribution in [0.25, 0.3) is 10.9 Å². The van der Waals surface area contributed by atoms with Crippen LogP contribution in [0.3, 0.4) is 0 Å². The van der Waals surface area contributed by atoms with Crippen molar-refractivity contribution in [2.24, 2.45) is 0 Å². The molecule has 0 aliphatic heterocycles. The second kappa shape index (κ2) is 8.95. The molecule has 4 nitrogen and oxygen atoms in total. The van der Waals surface area contributed by atoms with Gasteiger partial charge in [-0.1, -0.05) is 82.3 Å². The Hall–Kier alpha value is -2.41. The number of hydrogen-bond acceptors (Lipinski definition) is 4. The van der Waals surface area contributed by atoms with E-state index in [9.17, 15) is 9.90 Å². The number of halogens is 1. The van der Waals surface area contributed by atoms with Crippen molar-refractivity contribution >= 4 is 38.6 Å². The highest BCUT2D eigenvalue weighted by Gasteiger charge is 2.15. The molecular weight excluding hydrogens is 448 g/mol. The summed E-state index contributed by atoms with van der Waals surface area (Å²) < 4.78 is 2.61. The van der Waals surface area contributed by atoms with Gasteiger partial charge in [-0.25, -0.2) is 4.98 Å². The first kappa shape index (κ1) is 19.9. The van der Waals surface area contributed by atoms with Crippen molar-refractivity contribution in [2.75, 3.05) is 5.75 Å². The van der Waals surface area contributed by atoms with Gasteiger partial charge in [-0.05, 0) is 35.4 Å². The second-order valence-corrected chi connectivity index (χ2v) is 8.57. The van der Waals surface area contributed by atoms with E-state index in [1.54, 1.807) is 10.6 Å². The zero-order valence-electron chi connectivity index (χ0n) is 15.5. The largest absolute Gasteiger partial charge is 0.388 e. The molecule has 0 aliphatic carbocycles. The molecular formula is C23H19BrN2O2S. The second-order valence-electron chi connectivity index (χ2n) is 6.67. The van der Waals surface area contributed by atoms with Crippen molar-refractivity contribution in [1.29, 1.82) is 0 Å². The van der Waals surface area contributed by atoms with E-state index in [2.05, 4.69) is 15.9 Å². The van der Waals surface area contributed by atoms with E-state index in [1.807, 2.05) is 72.8 Å². The first-order valence-corrected chi connectivity index (χ1v) is 11.0. The van der Waals surface area contributed by atoms with Gasteiger partial charge in [-0.15, -0.1) is 0 Å². The lowest BCUT2D eigenvalue weighted by Gasteiger charge is -2.15. The standard InChI is InChI=1S/C23H19BrN2O2S/c24-18-10-6-9-17(13-18)21(27)15-29-23-25-20-12-5-4-11-19(20)22(28)26(23)14-16-7-2-1-3-8-16/h1-13,21,27H,14-15H2. The molecule has 0 saturated heterocycles. The fraction of sp³-hybridized carbons (Fsp3) is 0.130. The highest BCUT2D eigenvalue weighted by atomic mass is 79.9. The lowest BCUT2D eigenvalue weighted by Crippen LogP contribution is -2.24. The molecule has 6 heteroatoms. The van der Waals surface area contributed by atoms with Crippen LogP contribution < -0.4 is 5.56 Å². The van der Waals surface area contributed by atoms with Crippen LogP contribution in [-0.2, 0) is 6.54 Å². The Morgan fingerprint density at radius 2 is 1.76 bits per heavy atom. The lowest BCUT2D eigenvalue weighted by atomic mass is 10.1. The molecule has 0 spiro atoms. The van der Waals surface area contributed by atoms with Gasteiger partial charge < -0.3 is 5.11 Å². The Balaban J connectivity index is 1.68. The van der Waals surface area contributed by atoms with Gasteiger partial charge in [0.2, 0.25) is 0 Å². The number of rotatable bonds is 6. The molecule has 0 fully saturated rings. The maximum Gasteiger partial charge on any atom is 0.262 e. The number of fused-ring (bicyclic) bond motifs is 1. The van der Waals surface area contributed by atoms with Gasteiger partial charge in [-0.2, -0.15) is 0 Å². The molecule has 4 rings (SSSR count). The molecule has 1 N–H and O–H groups in total. The Morgan fingerprint density at radius 1 is 1.00 bits per heavy atom. The maximum atomic E-state index is 13.2. The summed E-state index contributed by atoms with van der Waals surface area (Å²) in [6.07, 6.45) is -0.661. The van der Waals surface area contributed by atoms with Gasteiger partial charge in [-0.3, -0.25) is 9.36 Å². The smallest absolute Gasteiger partial charge is 0.262 e. The predicted molar refractivity (Wildman–Crippen MR) is 121 cm³/mol. The number of aliphatic hydroxyl groups excluding tert-OH is 1. The lowest BCUT2D eigenvalue weighted by molar-refractivity contribution is 0.204. The molecule has 0 aliphatic rings. The number of thioether (sulfide) groups is 1. The molecule has 0 amide bonds. The number of benzene rings is 3. The van der Waals surface area contributed by atoms with Crippen molar-refractivity contribution in [3.63, 3.8) is 0 Å². The molecule has 1 unspecified atom stereocenters. The van der Waals surface area contributed by atoms with E-state index in [0.29, 0.717) is 28.4 Å². The van der Waals surface area contributed by atoms with Gasteiger partial charge in [0.05, 0.1) is 23.6 Å². The molecule has 0 bridgehead atoms. The van der Waals surface area contributed by atoms with Gasteiger partial charge >= 0.3 is 0 Å². The maximum absolute atomic E-state index is 13.2. The Morgan fingerprint density at radius 3 is 2.55 bits per heavy atom. The first-order valence-electron chi connectivity index (χ1n) is 9.21. The van der Waals surface area contributed by atoms with Crippen molar-refractivity contribution in [2.45, 2.75) is 17.8 Å². The summed E-state index contributed by atoms with van der Waals surface area (Å²) in [7, 11) is 0. The molecule has 4 aromatic rings. The van der Waals surface area contributed by atoms with Crippen LogP contribution in [0.1, 0.15) is 17.2 Å². The predicted octanol–water partition coefficient (Wildman–Crippen LogP) is 5.03. The van der Waals surface area contributed by atoms with Crippen molar-refractivity contribution < 1.29 is 5.11 Å². The van der Waals surface area contributed by atoms with Crippen molar-refractivity contribution in [3.8, 4) is 0 Å². The number of hydrogen-bond donors (Lipinski definition) is 1. The van der Waals surface area contributed by atoms with Crippen LogP contribution in [0.5, 0.6) is 0 Å². The normalized spacial score (nSPS) is 12.2. The Bertz CT molecular complexity index is 1190. The summed E-state index contributed by atoms with van der Waals surface area (Å²) in [4.78, 5) is 17.9. The number of aliphatic hydroxyl groups is 1. The zero-order valence-corrected chi connectivity index (χ0v) is 17.9. The van der Waals surface area contributed by atoms with Crippen LogP contribution >= 0.6 is 27.7 Å². The van der Waals surface area contributed by atoms with E-state index >= 15 is 0 Å². The van der Waals surface area contributed by atoms with E-state index in [1.165, 1.54) is 11.8 Å². The van der Waals surface area contributed by atoms with Crippen LogP contribution in [0.4, 0.5) is 0 Å². The summed E-state index contributed by atoms with van der Waals surface area (Å²) in [6, 6.07) is 24.8. The number of nitrogens with zero attached hydrogens (tertiary/aromatic N) is 2. The first-order chi connectivity index (χ1) is 14.1. The molecule has 3 aromatic carbocycles. The molecule has 1 heterocycles. The third kappa shape index (κ3) is 4.61. The summed E-state index contributed by atoms with van der Waals surface area (Å²) in [5.74, 6) is 0.399. The third-order valence-corrected chi connectivity index (χ3v) is 6.16. The fourth-order valence-corrected chi connectivity index (χ4v) is 4.51. The van der Waals surface area contributed by atoms with Crippen LogP contribution in [0.15, 0.2) is 93.3 Å². The van der Waals surface area contributed by atoms with Crippen LogP contribution in [0.2, 0.25) is 0 Å². The highest BCUT2D eigenvalue weighted by molar-refractivity contribution is 9.10. The minimum atomic E-state index is -0.661. The van der Waals surface area contributed by atoms with Gasteiger partial charge in [0.1, 0.15) is 0 Å². The topological polar surface area (TPSA) is 55.1 Å². The molecule has 1 atom stereocenters. The fourth-order valence-electron chi connectivity index (χ4n) is 3.13. The minimum absolute atomic E-state index is 0.0705. The monoisotopic (exact) mass is 466 g/mol.